The highest BCUT2D eigenvalue weighted by molar-refractivity contribution is 5.39. The van der Waals surface area contributed by atoms with Crippen molar-refractivity contribution < 1.29 is 29.2 Å². The summed E-state index contributed by atoms with van der Waals surface area (Å²) in [6, 6.07) is 0. The SMILES string of the molecule is CC1(C)OCC2(C)C(CCC3(C)C2CCC2(C)C3CC=C3C4CC(C)(C)C(O)C5OC(C)(C6CC6)OC(C)(CC32C)C45CO)O1. The number of ether oxygens (including phenoxy) is 4. The van der Waals surface area contributed by atoms with E-state index in [4.69, 9.17) is 18.9 Å². The molecule has 45 heavy (non-hydrogen) atoms. The van der Waals surface area contributed by atoms with Gasteiger partial charge in [0.05, 0.1) is 42.5 Å². The van der Waals surface area contributed by atoms with Crippen LogP contribution in [0.15, 0.2) is 11.6 Å². The Hall–Kier alpha value is -0.500. The molecule has 2 aliphatic heterocycles. The van der Waals surface area contributed by atoms with Crippen LogP contribution in [0.4, 0.5) is 0 Å². The Morgan fingerprint density at radius 2 is 1.56 bits per heavy atom. The molecular formula is C39H62O6. The molecule has 2 N–H and O–H groups in total. The van der Waals surface area contributed by atoms with Gasteiger partial charge in [-0.1, -0.05) is 53.2 Å². The first-order chi connectivity index (χ1) is 20.8. The number of allylic oxidation sites excluding steroid dienone is 2. The summed E-state index contributed by atoms with van der Waals surface area (Å²) in [6.07, 6.45) is 11.4. The molecule has 13 atom stereocenters. The predicted molar refractivity (Wildman–Crippen MR) is 173 cm³/mol. The lowest BCUT2D eigenvalue weighted by atomic mass is 9.31. The number of hydrogen-bond donors (Lipinski definition) is 2. The average molecular weight is 627 g/mol. The monoisotopic (exact) mass is 626 g/mol. The number of aliphatic hydroxyl groups is 2. The van der Waals surface area contributed by atoms with Gasteiger partial charge in [-0.25, -0.2) is 0 Å². The first kappa shape index (κ1) is 31.7. The first-order valence-electron chi connectivity index (χ1n) is 18.4. The summed E-state index contributed by atoms with van der Waals surface area (Å²) in [5, 5.41) is 23.6. The lowest BCUT2D eigenvalue weighted by Gasteiger charge is -2.76. The van der Waals surface area contributed by atoms with Gasteiger partial charge in [0.15, 0.2) is 11.6 Å². The Kier molecular flexibility index (Phi) is 6.34. The van der Waals surface area contributed by atoms with E-state index in [-0.39, 0.29) is 45.7 Å². The first-order valence-corrected chi connectivity index (χ1v) is 18.4. The van der Waals surface area contributed by atoms with Crippen molar-refractivity contribution in [2.24, 2.45) is 56.2 Å². The normalized spacial score (nSPS) is 59.4. The topological polar surface area (TPSA) is 77.4 Å². The van der Waals surface area contributed by atoms with Crippen molar-refractivity contribution in [1.29, 1.82) is 0 Å². The largest absolute Gasteiger partial charge is 0.396 e. The van der Waals surface area contributed by atoms with Crippen molar-refractivity contribution >= 4 is 0 Å². The van der Waals surface area contributed by atoms with Crippen molar-refractivity contribution in [2.45, 2.75) is 163 Å². The lowest BCUT2D eigenvalue weighted by molar-refractivity contribution is -0.443. The van der Waals surface area contributed by atoms with E-state index in [1.807, 2.05) is 0 Å². The minimum Gasteiger partial charge on any atom is -0.396 e. The second-order valence-electron chi connectivity index (χ2n) is 19.9. The molecule has 7 fully saturated rings. The van der Waals surface area contributed by atoms with Gasteiger partial charge in [0.25, 0.3) is 0 Å². The van der Waals surface area contributed by atoms with Crippen LogP contribution in [0.1, 0.15) is 127 Å². The van der Waals surface area contributed by atoms with Gasteiger partial charge in [0.2, 0.25) is 0 Å². The van der Waals surface area contributed by atoms with E-state index in [1.54, 1.807) is 0 Å². The molecule has 2 heterocycles. The molecule has 0 spiro atoms. The molecule has 5 saturated carbocycles. The molecule has 0 radical (unpaired) electrons. The molecule has 8 rings (SSSR count). The minimum absolute atomic E-state index is 0.0198. The van der Waals surface area contributed by atoms with Crippen LogP contribution in [0.5, 0.6) is 0 Å². The Morgan fingerprint density at radius 1 is 0.844 bits per heavy atom. The molecule has 0 bridgehead atoms. The number of fused-ring (bicyclic) bond motifs is 8. The third kappa shape index (κ3) is 3.69. The van der Waals surface area contributed by atoms with E-state index in [2.05, 4.69) is 75.3 Å². The highest BCUT2D eigenvalue weighted by Gasteiger charge is 2.79. The smallest absolute Gasteiger partial charge is 0.169 e. The van der Waals surface area contributed by atoms with Gasteiger partial charge < -0.3 is 29.2 Å². The number of hydrogen-bond acceptors (Lipinski definition) is 6. The maximum atomic E-state index is 12.0. The van der Waals surface area contributed by atoms with Crippen molar-refractivity contribution in [3.8, 4) is 0 Å². The Morgan fingerprint density at radius 3 is 2.22 bits per heavy atom. The van der Waals surface area contributed by atoms with Crippen molar-refractivity contribution in [3.05, 3.63) is 11.6 Å². The van der Waals surface area contributed by atoms with E-state index in [0.717, 1.165) is 45.1 Å². The fourth-order valence-corrected chi connectivity index (χ4v) is 14.1. The molecular weight excluding hydrogens is 564 g/mol. The molecule has 0 aromatic carbocycles. The molecule has 6 heteroatoms. The fraction of sp³-hybridized carbons (Fsp3) is 0.949. The molecule has 254 valence electrons. The van der Waals surface area contributed by atoms with Crippen LogP contribution in [-0.2, 0) is 18.9 Å². The van der Waals surface area contributed by atoms with Gasteiger partial charge in [-0.15, -0.1) is 0 Å². The van der Waals surface area contributed by atoms with Crippen LogP contribution < -0.4 is 0 Å². The molecule has 6 nitrogen and oxygen atoms in total. The summed E-state index contributed by atoms with van der Waals surface area (Å²) in [6.45, 7) is 24.0. The van der Waals surface area contributed by atoms with E-state index >= 15 is 0 Å². The van der Waals surface area contributed by atoms with Crippen LogP contribution in [0, 0.1) is 56.2 Å². The van der Waals surface area contributed by atoms with E-state index in [0.29, 0.717) is 17.8 Å². The second kappa shape index (κ2) is 8.99. The number of aliphatic hydroxyl groups excluding tert-OH is 2. The van der Waals surface area contributed by atoms with E-state index in [9.17, 15) is 10.2 Å². The zero-order valence-electron chi connectivity index (χ0n) is 29.9. The van der Waals surface area contributed by atoms with Gasteiger partial charge in [-0.05, 0) is 125 Å². The Bertz CT molecular complexity index is 1300. The summed E-state index contributed by atoms with van der Waals surface area (Å²) in [7, 11) is 0. The molecule has 2 saturated heterocycles. The number of rotatable bonds is 2. The van der Waals surface area contributed by atoms with Crippen LogP contribution in [0.25, 0.3) is 0 Å². The molecule has 8 aliphatic rings. The summed E-state index contributed by atoms with van der Waals surface area (Å²) in [5.74, 6) is 0.287. The van der Waals surface area contributed by atoms with Crippen molar-refractivity contribution in [3.63, 3.8) is 0 Å². The quantitative estimate of drug-likeness (QED) is 0.311. The Balaban J connectivity index is 1.25. The van der Waals surface area contributed by atoms with Gasteiger partial charge in [0, 0.05) is 11.3 Å². The molecule has 13 unspecified atom stereocenters. The summed E-state index contributed by atoms with van der Waals surface area (Å²) in [4.78, 5) is 0. The van der Waals surface area contributed by atoms with Gasteiger partial charge >= 0.3 is 0 Å². The molecule has 0 aromatic heterocycles. The highest BCUT2D eigenvalue weighted by Crippen LogP contribution is 2.79. The van der Waals surface area contributed by atoms with Gasteiger partial charge in [-0.3, -0.25) is 0 Å². The fourth-order valence-electron chi connectivity index (χ4n) is 14.1. The average Bonchev–Trinajstić information content (AvgIpc) is 3.79. The van der Waals surface area contributed by atoms with Crippen LogP contribution in [0.2, 0.25) is 0 Å². The van der Waals surface area contributed by atoms with E-state index in [1.165, 1.54) is 24.8 Å². The second-order valence-corrected chi connectivity index (χ2v) is 19.9. The van der Waals surface area contributed by atoms with Gasteiger partial charge in [0.1, 0.15) is 0 Å². The molecule has 6 aliphatic carbocycles. The minimum atomic E-state index is -0.741. The summed E-state index contributed by atoms with van der Waals surface area (Å²) in [5.41, 5.74) is 0.0807. The Labute approximate surface area is 272 Å². The summed E-state index contributed by atoms with van der Waals surface area (Å²) < 4.78 is 27.4. The van der Waals surface area contributed by atoms with Crippen LogP contribution in [-0.4, -0.2) is 58.9 Å². The van der Waals surface area contributed by atoms with Crippen molar-refractivity contribution in [2.75, 3.05) is 13.2 Å². The molecule has 0 amide bonds. The zero-order valence-corrected chi connectivity index (χ0v) is 29.9. The predicted octanol–water partition coefficient (Wildman–Crippen LogP) is 7.40. The highest BCUT2D eigenvalue weighted by atomic mass is 16.7. The maximum absolute atomic E-state index is 12.0. The zero-order chi connectivity index (χ0) is 32.4. The van der Waals surface area contributed by atoms with E-state index < -0.39 is 34.8 Å². The third-order valence-electron chi connectivity index (χ3n) is 16.8. The maximum Gasteiger partial charge on any atom is 0.169 e. The lowest BCUT2D eigenvalue weighted by Crippen LogP contribution is -2.80. The van der Waals surface area contributed by atoms with Crippen LogP contribution in [0.3, 0.4) is 0 Å². The standard InChI is InChI=1S/C39H62O6/c1-31(2)19-25-24-13-14-27-33(5)17-16-28-34(6,22-42-32(3,4)43-28)26(33)15-18-35(27,7)36(24,8)20-37(9)39(25,21-40)30(29(31)41)44-38(10,45-37)23-11-12-23/h13,23,25-30,40-41H,11-12,14-22H2,1-10H3. The summed E-state index contributed by atoms with van der Waals surface area (Å²) >= 11 is 0. The molecule has 0 aromatic rings. The van der Waals surface area contributed by atoms with Crippen molar-refractivity contribution in [1.82, 2.24) is 0 Å². The van der Waals surface area contributed by atoms with Crippen LogP contribution >= 0.6 is 0 Å². The third-order valence-corrected chi connectivity index (χ3v) is 16.8. The van der Waals surface area contributed by atoms with Gasteiger partial charge in [-0.2, -0.15) is 0 Å².